The number of carbonyl (C=O) groups excluding carboxylic acids is 10. The molecule has 2 saturated heterocycles. The first-order valence-electron chi connectivity index (χ1n) is 23.3. The summed E-state index contributed by atoms with van der Waals surface area (Å²) in [6.07, 6.45) is -0.0988. The molecule has 2 aromatic rings. The van der Waals surface area contributed by atoms with Gasteiger partial charge < -0.3 is 69.7 Å². The van der Waals surface area contributed by atoms with Gasteiger partial charge >= 0.3 is 0 Å². The number of primary amides is 2. The van der Waals surface area contributed by atoms with E-state index in [1.165, 1.54) is 17.0 Å². The molecule has 2 aromatic carbocycles. The van der Waals surface area contributed by atoms with Gasteiger partial charge in [-0.2, -0.15) is 0 Å². The summed E-state index contributed by atoms with van der Waals surface area (Å²) in [4.78, 5) is 137. The zero-order valence-electron chi connectivity index (χ0n) is 40.0. The van der Waals surface area contributed by atoms with Gasteiger partial charge in [-0.3, -0.25) is 53.4 Å². The van der Waals surface area contributed by atoms with Crippen LogP contribution in [0.4, 0.5) is 0 Å². The lowest BCUT2D eigenvalue weighted by atomic mass is 9.99. The molecule has 0 aliphatic carbocycles. The van der Waals surface area contributed by atoms with Crippen molar-refractivity contribution >= 4 is 86.6 Å². The third-order valence-electron chi connectivity index (χ3n) is 11.5. The van der Waals surface area contributed by atoms with Gasteiger partial charge in [0.15, 0.2) is 5.96 Å². The number of rotatable bonds is 17. The van der Waals surface area contributed by atoms with Crippen LogP contribution >= 0.6 is 21.6 Å². The minimum atomic E-state index is -1.66. The second-order valence-corrected chi connectivity index (χ2v) is 20.2. The minimum Gasteiger partial charge on any atom is -0.508 e. The number of benzene rings is 2. The van der Waals surface area contributed by atoms with Gasteiger partial charge in [0.1, 0.15) is 48.0 Å². The van der Waals surface area contributed by atoms with E-state index in [0.29, 0.717) is 17.5 Å². The van der Waals surface area contributed by atoms with E-state index in [2.05, 4.69) is 42.5 Å². The maximum absolute atomic E-state index is 14.5. The molecular formula is C46H65N13O11S2. The van der Waals surface area contributed by atoms with Crippen molar-refractivity contribution in [3.63, 3.8) is 0 Å². The van der Waals surface area contributed by atoms with E-state index in [0.717, 1.165) is 21.6 Å². The predicted molar refractivity (Wildman–Crippen MR) is 268 cm³/mol. The van der Waals surface area contributed by atoms with Gasteiger partial charge in [-0.25, -0.2) is 0 Å². The van der Waals surface area contributed by atoms with Crippen LogP contribution in [0.2, 0.25) is 0 Å². The van der Waals surface area contributed by atoms with Crippen molar-refractivity contribution in [2.75, 3.05) is 31.1 Å². The summed E-state index contributed by atoms with van der Waals surface area (Å²) >= 11 is 0. The average Bonchev–Trinajstić information content (AvgIpc) is 3.83. The Balaban J connectivity index is 1.66. The maximum Gasteiger partial charge on any atom is 0.246 e. The van der Waals surface area contributed by atoms with Gasteiger partial charge in [0, 0.05) is 43.9 Å². The maximum atomic E-state index is 14.5. The number of aromatic hydroxyl groups is 1. The smallest absolute Gasteiger partial charge is 0.246 e. The van der Waals surface area contributed by atoms with Crippen molar-refractivity contribution in [2.24, 2.45) is 23.1 Å². The zero-order valence-corrected chi connectivity index (χ0v) is 41.7. The van der Waals surface area contributed by atoms with Gasteiger partial charge in [0.25, 0.3) is 0 Å². The molecule has 26 heteroatoms. The second kappa shape index (κ2) is 28.7. The lowest BCUT2D eigenvalue weighted by Gasteiger charge is -2.31. The number of phenols is 1. The van der Waals surface area contributed by atoms with Crippen LogP contribution in [0, 0.1) is 11.3 Å². The van der Waals surface area contributed by atoms with Gasteiger partial charge in [0.2, 0.25) is 59.1 Å². The summed E-state index contributed by atoms with van der Waals surface area (Å²) in [6.45, 7) is 2.97. The van der Waals surface area contributed by atoms with E-state index in [4.69, 9.17) is 22.6 Å². The molecule has 72 heavy (non-hydrogen) atoms. The van der Waals surface area contributed by atoms with Gasteiger partial charge in [0.05, 0.1) is 13.0 Å². The Morgan fingerprint density at radius 2 is 1.40 bits per heavy atom. The Morgan fingerprint density at radius 1 is 0.778 bits per heavy atom. The van der Waals surface area contributed by atoms with Crippen LogP contribution in [-0.4, -0.2) is 148 Å². The quantitative estimate of drug-likeness (QED) is 0.0331. The lowest BCUT2D eigenvalue weighted by Crippen LogP contribution is -2.61. The van der Waals surface area contributed by atoms with Gasteiger partial charge in [-0.15, -0.1) is 0 Å². The molecule has 2 fully saturated rings. The molecule has 16 N–H and O–H groups in total. The highest BCUT2D eigenvalue weighted by Crippen LogP contribution is 2.26. The Morgan fingerprint density at radius 3 is 2.04 bits per heavy atom. The van der Waals surface area contributed by atoms with Crippen LogP contribution < -0.4 is 59.7 Å². The number of nitrogens with two attached hydrogens (primary N) is 3. The molecule has 0 bridgehead atoms. The van der Waals surface area contributed by atoms with Crippen molar-refractivity contribution in [3.8, 4) is 5.75 Å². The minimum absolute atomic E-state index is 0.0156. The van der Waals surface area contributed by atoms with E-state index >= 15 is 0 Å². The van der Waals surface area contributed by atoms with Crippen molar-refractivity contribution in [1.82, 2.24) is 47.4 Å². The molecule has 392 valence electrons. The van der Waals surface area contributed by atoms with Crippen LogP contribution in [0.1, 0.15) is 63.5 Å². The number of amides is 10. The molecule has 4 rings (SSSR count). The summed E-state index contributed by atoms with van der Waals surface area (Å²) in [5.41, 5.74) is 17.4. The number of guanidine groups is 1. The summed E-state index contributed by atoms with van der Waals surface area (Å²) < 4.78 is 0. The molecule has 24 nitrogen and oxygen atoms in total. The Bertz CT molecular complexity index is 2280. The van der Waals surface area contributed by atoms with Crippen molar-refractivity contribution < 1.29 is 53.1 Å². The fourth-order valence-corrected chi connectivity index (χ4v) is 9.90. The molecular weight excluding hydrogens is 975 g/mol. The summed E-state index contributed by atoms with van der Waals surface area (Å²) in [5, 5.41) is 38.2. The van der Waals surface area contributed by atoms with Gasteiger partial charge in [-0.05, 0) is 54.9 Å². The molecule has 2 aliphatic heterocycles. The SMILES string of the molecule is CC(C)[C@@H]1NC(=O)[C@H](Cc2ccccc2)NC(=O)[C@H](Cc2ccc(O)cc2)NC(=O)CCSSC[C@@H](C(=O)N2CCC[C@H]2C(=O)N[C@H](CCCNC(=N)N)C(=O)NCC(N)=O)NC(=O)[C@H](CC(N)=O)NC1=O. The van der Waals surface area contributed by atoms with Crippen LogP contribution in [-0.2, 0) is 60.8 Å². The van der Waals surface area contributed by atoms with Crippen molar-refractivity contribution in [2.45, 2.75) is 108 Å². The Kier molecular flexibility index (Phi) is 22.9. The molecule has 0 aromatic heterocycles. The normalized spacial score (nSPS) is 22.2. The first-order chi connectivity index (χ1) is 34.2. The van der Waals surface area contributed by atoms with E-state index in [9.17, 15) is 53.1 Å². The number of hydrogen-bond acceptors (Lipinski definition) is 14. The molecule has 0 spiro atoms. The van der Waals surface area contributed by atoms with Gasteiger partial charge in [-0.1, -0.05) is 77.9 Å². The highest BCUT2D eigenvalue weighted by Gasteiger charge is 2.40. The van der Waals surface area contributed by atoms with E-state index in [1.54, 1.807) is 56.3 Å². The topological polar surface area (TPSA) is 392 Å². The van der Waals surface area contributed by atoms with Crippen LogP contribution in [0.3, 0.4) is 0 Å². The third kappa shape index (κ3) is 18.9. The molecule has 0 unspecified atom stereocenters. The first kappa shape index (κ1) is 57.5. The summed E-state index contributed by atoms with van der Waals surface area (Å²) in [7, 11) is 2.26. The van der Waals surface area contributed by atoms with E-state index < -0.39 is 120 Å². The highest BCUT2D eigenvalue weighted by atomic mass is 33.1. The number of carbonyl (C=O) groups is 10. The average molecular weight is 1040 g/mol. The summed E-state index contributed by atoms with van der Waals surface area (Å²) in [5.74, 6) is -8.87. The van der Waals surface area contributed by atoms with E-state index in [1.807, 2.05) is 0 Å². The first-order valence-corrected chi connectivity index (χ1v) is 25.8. The number of phenolic OH excluding ortho intramolecular Hbond substituents is 1. The fraction of sp³-hybridized carbons (Fsp3) is 0.500. The fourth-order valence-electron chi connectivity index (χ4n) is 7.76. The molecule has 0 saturated carbocycles. The summed E-state index contributed by atoms with van der Waals surface area (Å²) in [6, 6.07) is 5.52. The van der Waals surface area contributed by atoms with Crippen LogP contribution in [0.25, 0.3) is 0 Å². The largest absolute Gasteiger partial charge is 0.508 e. The number of nitrogens with zero attached hydrogens (tertiary/aromatic N) is 1. The molecule has 0 radical (unpaired) electrons. The molecule has 2 aliphatic rings. The zero-order chi connectivity index (χ0) is 52.9. The lowest BCUT2D eigenvalue weighted by molar-refractivity contribution is -0.142. The Labute approximate surface area is 424 Å². The van der Waals surface area contributed by atoms with Crippen molar-refractivity contribution in [1.29, 1.82) is 5.41 Å². The Hall–Kier alpha value is -7.09. The van der Waals surface area contributed by atoms with Crippen LogP contribution in [0.15, 0.2) is 54.6 Å². The highest BCUT2D eigenvalue weighted by molar-refractivity contribution is 8.76. The van der Waals surface area contributed by atoms with Crippen molar-refractivity contribution in [3.05, 3.63) is 65.7 Å². The molecule has 2 heterocycles. The molecule has 10 amide bonds. The number of nitrogens with one attached hydrogen (secondary N) is 9. The predicted octanol–water partition coefficient (Wildman–Crippen LogP) is -2.74. The standard InChI is InChI=1S/C46H65N13O11S2/c1-25(2)38-44(69)56-32(22-35(47)61)41(66)57-33(45(70)59-18-7-11-34(59)43(68)54-29(10-6-17-51-46(49)50)39(64)52-23-36(48)62)24-72-71-19-16-37(63)53-30(21-27-12-14-28(60)15-13-27)40(65)55-31(42(67)58-38)20-26-8-4-3-5-9-26/h3-5,8-9,12-15,25,29-34,38,60H,6-7,10-11,16-24H2,1-2H3,(H2,47,61)(H2,48,62)(H,52,64)(H,53,63)(H,54,68)(H,55,65)(H,56,69)(H,57,66)(H,58,67)(H4,49,50,51)/t29-,30+,31+,32+,33+,34+,38+/m1/s1. The number of hydrogen-bond donors (Lipinski definition) is 13. The number of likely N-dealkylation sites (tertiary alicyclic amines) is 1. The second-order valence-electron chi connectivity index (χ2n) is 17.5. The third-order valence-corrected chi connectivity index (χ3v) is 13.9. The monoisotopic (exact) mass is 1040 g/mol. The van der Waals surface area contributed by atoms with E-state index in [-0.39, 0.29) is 74.8 Å². The van der Waals surface area contributed by atoms with Crippen LogP contribution in [0.5, 0.6) is 5.75 Å². The molecule has 7 atom stereocenters.